The number of thioether (sulfide) groups is 1. The van der Waals surface area contributed by atoms with Crippen LogP contribution in [0, 0.1) is 0 Å². The third-order valence-electron chi connectivity index (χ3n) is 2.57. The van der Waals surface area contributed by atoms with Crippen molar-refractivity contribution in [3.8, 4) is 0 Å². The van der Waals surface area contributed by atoms with Crippen molar-refractivity contribution in [2.75, 3.05) is 12.0 Å². The highest BCUT2D eigenvalue weighted by atomic mass is 79.9. The fourth-order valence-corrected chi connectivity index (χ4v) is 2.64. The maximum Gasteiger partial charge on any atom is 0.268 e. The number of amides is 1. The number of rotatable bonds is 6. The lowest BCUT2D eigenvalue weighted by atomic mass is 10.2. The van der Waals surface area contributed by atoms with Gasteiger partial charge in [-0.2, -0.15) is 11.8 Å². The van der Waals surface area contributed by atoms with Gasteiger partial charge in [0.2, 0.25) is 0 Å². The average Bonchev–Trinajstić information content (AvgIpc) is 2.67. The summed E-state index contributed by atoms with van der Waals surface area (Å²) < 4.78 is 2.89. The molecule has 0 fully saturated rings. The van der Waals surface area contributed by atoms with E-state index in [0.717, 1.165) is 28.9 Å². The van der Waals surface area contributed by atoms with Gasteiger partial charge in [0, 0.05) is 23.3 Å². The van der Waals surface area contributed by atoms with Gasteiger partial charge in [-0.15, -0.1) is 0 Å². The van der Waals surface area contributed by atoms with E-state index in [0.29, 0.717) is 0 Å². The first-order valence-electron chi connectivity index (χ1n) is 5.74. The molecule has 0 aromatic carbocycles. The molecule has 0 aliphatic carbocycles. The summed E-state index contributed by atoms with van der Waals surface area (Å²) in [4.78, 5) is 12.1. The predicted octanol–water partition coefficient (Wildman–Crippen LogP) is 3.14. The Labute approximate surface area is 115 Å². The minimum atomic E-state index is 0.00570. The minimum Gasteiger partial charge on any atom is -0.348 e. The molecule has 5 heteroatoms. The summed E-state index contributed by atoms with van der Waals surface area (Å²) in [6.07, 6.45) is 5.01. The smallest absolute Gasteiger partial charge is 0.268 e. The summed E-state index contributed by atoms with van der Waals surface area (Å²) in [5, 5.41) is 3.03. The van der Waals surface area contributed by atoms with Gasteiger partial charge in [-0.25, -0.2) is 0 Å². The van der Waals surface area contributed by atoms with Crippen LogP contribution in [0.4, 0.5) is 0 Å². The summed E-state index contributed by atoms with van der Waals surface area (Å²) in [6.45, 7) is 4.87. The third-order valence-corrected chi connectivity index (χ3v) is 3.65. The van der Waals surface area contributed by atoms with Crippen LogP contribution in [0.5, 0.6) is 0 Å². The van der Waals surface area contributed by atoms with Crippen molar-refractivity contribution in [3.63, 3.8) is 0 Å². The summed E-state index contributed by atoms with van der Waals surface area (Å²) in [6, 6.07) is 2.08. The van der Waals surface area contributed by atoms with Gasteiger partial charge < -0.3 is 9.88 Å². The standard InChI is InChI=1S/C12H19BrN2OS/c1-4-15-8-10(13)7-11(15)12(16)14-9(2)5-6-17-3/h7-9H,4-6H2,1-3H3,(H,14,16). The molecule has 0 bridgehead atoms. The van der Waals surface area contributed by atoms with Crippen molar-refractivity contribution in [3.05, 3.63) is 22.4 Å². The van der Waals surface area contributed by atoms with Crippen LogP contribution in [0.25, 0.3) is 0 Å². The molecule has 0 aliphatic rings. The van der Waals surface area contributed by atoms with Gasteiger partial charge in [0.1, 0.15) is 5.69 Å². The molecule has 1 atom stereocenters. The number of nitrogens with one attached hydrogen (secondary N) is 1. The highest BCUT2D eigenvalue weighted by Crippen LogP contribution is 2.15. The monoisotopic (exact) mass is 318 g/mol. The van der Waals surface area contributed by atoms with E-state index < -0.39 is 0 Å². The first-order chi connectivity index (χ1) is 8.08. The van der Waals surface area contributed by atoms with Crippen LogP contribution in [-0.4, -0.2) is 28.5 Å². The van der Waals surface area contributed by atoms with Crippen LogP contribution in [0.15, 0.2) is 16.7 Å². The maximum absolute atomic E-state index is 12.1. The molecule has 0 aliphatic heterocycles. The lowest BCUT2D eigenvalue weighted by Gasteiger charge is -2.14. The first-order valence-corrected chi connectivity index (χ1v) is 7.92. The number of hydrogen-bond donors (Lipinski definition) is 1. The van der Waals surface area contributed by atoms with E-state index in [4.69, 9.17) is 0 Å². The Hall–Kier alpha value is -0.420. The average molecular weight is 319 g/mol. The van der Waals surface area contributed by atoms with Gasteiger partial charge in [0.25, 0.3) is 5.91 Å². The number of halogens is 1. The molecule has 3 nitrogen and oxygen atoms in total. The first kappa shape index (κ1) is 14.6. The molecular weight excluding hydrogens is 300 g/mol. The normalized spacial score (nSPS) is 12.5. The van der Waals surface area contributed by atoms with Crippen LogP contribution in [0.3, 0.4) is 0 Å². The molecule has 0 spiro atoms. The molecule has 0 radical (unpaired) electrons. The van der Waals surface area contributed by atoms with Gasteiger partial charge in [0.15, 0.2) is 0 Å². The highest BCUT2D eigenvalue weighted by Gasteiger charge is 2.14. The minimum absolute atomic E-state index is 0.00570. The molecule has 0 saturated carbocycles. The van der Waals surface area contributed by atoms with E-state index in [1.165, 1.54) is 0 Å². The number of hydrogen-bond acceptors (Lipinski definition) is 2. The fourth-order valence-electron chi connectivity index (χ4n) is 1.59. The molecule has 1 aromatic heterocycles. The Kier molecular flexibility index (Phi) is 6.12. The number of carbonyl (C=O) groups excluding carboxylic acids is 1. The van der Waals surface area contributed by atoms with Crippen LogP contribution < -0.4 is 5.32 Å². The zero-order chi connectivity index (χ0) is 12.8. The molecule has 1 rings (SSSR count). The quantitative estimate of drug-likeness (QED) is 0.874. The number of aryl methyl sites for hydroxylation is 1. The van der Waals surface area contributed by atoms with E-state index in [9.17, 15) is 4.79 Å². The maximum atomic E-state index is 12.1. The van der Waals surface area contributed by atoms with Crippen LogP contribution >= 0.6 is 27.7 Å². The van der Waals surface area contributed by atoms with Crippen molar-refractivity contribution in [2.24, 2.45) is 0 Å². The van der Waals surface area contributed by atoms with Crippen LogP contribution in [-0.2, 0) is 6.54 Å². The summed E-state index contributed by atoms with van der Waals surface area (Å²) >= 11 is 5.20. The van der Waals surface area contributed by atoms with E-state index in [1.807, 2.05) is 30.7 Å². The summed E-state index contributed by atoms with van der Waals surface area (Å²) in [5.74, 6) is 1.08. The number of nitrogens with zero attached hydrogens (tertiary/aromatic N) is 1. The Balaban J connectivity index is 2.62. The highest BCUT2D eigenvalue weighted by molar-refractivity contribution is 9.10. The van der Waals surface area contributed by atoms with Crippen molar-refractivity contribution in [2.45, 2.75) is 32.9 Å². The van der Waals surface area contributed by atoms with Gasteiger partial charge in [-0.3, -0.25) is 4.79 Å². The molecule has 96 valence electrons. The van der Waals surface area contributed by atoms with Crippen molar-refractivity contribution < 1.29 is 4.79 Å². The van der Waals surface area contributed by atoms with Crippen molar-refractivity contribution in [1.82, 2.24) is 9.88 Å². The van der Waals surface area contributed by atoms with Gasteiger partial charge >= 0.3 is 0 Å². The molecule has 1 amide bonds. The topological polar surface area (TPSA) is 34.0 Å². The van der Waals surface area contributed by atoms with E-state index in [2.05, 4.69) is 27.5 Å². The molecular formula is C12H19BrN2OS. The predicted molar refractivity (Wildman–Crippen MR) is 77.7 cm³/mol. The number of aromatic nitrogens is 1. The van der Waals surface area contributed by atoms with Crippen molar-refractivity contribution >= 4 is 33.6 Å². The number of carbonyl (C=O) groups is 1. The second-order valence-electron chi connectivity index (χ2n) is 3.99. The van der Waals surface area contributed by atoms with E-state index in [-0.39, 0.29) is 11.9 Å². The molecule has 1 aromatic rings. The summed E-state index contributed by atoms with van der Waals surface area (Å²) in [7, 11) is 0. The Morgan fingerprint density at radius 2 is 2.35 bits per heavy atom. The second-order valence-corrected chi connectivity index (χ2v) is 5.89. The Morgan fingerprint density at radius 1 is 1.65 bits per heavy atom. The van der Waals surface area contributed by atoms with Gasteiger partial charge in [-0.05, 0) is 54.3 Å². The summed E-state index contributed by atoms with van der Waals surface area (Å²) in [5.41, 5.74) is 0.718. The molecule has 1 unspecified atom stereocenters. The van der Waals surface area contributed by atoms with E-state index >= 15 is 0 Å². The van der Waals surface area contributed by atoms with E-state index in [1.54, 1.807) is 11.8 Å². The SMILES string of the molecule is CCn1cc(Br)cc1C(=O)NC(C)CCSC. The molecule has 17 heavy (non-hydrogen) atoms. The van der Waals surface area contributed by atoms with Gasteiger partial charge in [-0.1, -0.05) is 0 Å². The zero-order valence-corrected chi connectivity index (χ0v) is 12.9. The third kappa shape index (κ3) is 4.39. The Morgan fingerprint density at radius 3 is 2.94 bits per heavy atom. The lowest BCUT2D eigenvalue weighted by molar-refractivity contribution is 0.0930. The Bertz CT molecular complexity index is 379. The molecule has 0 saturated heterocycles. The second kappa shape index (κ2) is 7.11. The fraction of sp³-hybridized carbons (Fsp3) is 0.583. The largest absolute Gasteiger partial charge is 0.348 e. The van der Waals surface area contributed by atoms with Crippen LogP contribution in [0.2, 0.25) is 0 Å². The van der Waals surface area contributed by atoms with Gasteiger partial charge in [0.05, 0.1) is 0 Å². The molecule has 1 heterocycles. The van der Waals surface area contributed by atoms with Crippen LogP contribution in [0.1, 0.15) is 30.8 Å². The zero-order valence-electron chi connectivity index (χ0n) is 10.5. The lowest BCUT2D eigenvalue weighted by Crippen LogP contribution is -2.34. The molecule has 1 N–H and O–H groups in total. The van der Waals surface area contributed by atoms with Crippen molar-refractivity contribution in [1.29, 1.82) is 0 Å².